The van der Waals surface area contributed by atoms with E-state index in [1.54, 1.807) is 11.3 Å². The second-order valence-corrected chi connectivity index (χ2v) is 5.66. The molecule has 17 heavy (non-hydrogen) atoms. The highest BCUT2D eigenvalue weighted by molar-refractivity contribution is 7.18. The largest absolute Gasteiger partial charge is 0.329 e. The smallest absolute Gasteiger partial charge is 0.101 e. The zero-order chi connectivity index (χ0) is 12.5. The van der Waals surface area contributed by atoms with E-state index in [9.17, 15) is 0 Å². The Morgan fingerprint density at radius 1 is 1.29 bits per heavy atom. The number of aromatic nitrogens is 1. The average Bonchev–Trinajstić information content (AvgIpc) is 2.78. The summed E-state index contributed by atoms with van der Waals surface area (Å²) in [7, 11) is 0. The van der Waals surface area contributed by atoms with Crippen molar-refractivity contribution < 1.29 is 0 Å². The van der Waals surface area contributed by atoms with Crippen molar-refractivity contribution in [2.45, 2.75) is 39.0 Å². The second kappa shape index (κ2) is 4.75. The Morgan fingerprint density at radius 2 is 2.00 bits per heavy atom. The topological polar surface area (TPSA) is 38.9 Å². The van der Waals surface area contributed by atoms with E-state index in [1.807, 2.05) is 0 Å². The Kier molecular flexibility index (Phi) is 3.50. The van der Waals surface area contributed by atoms with Crippen LogP contribution in [-0.4, -0.2) is 11.5 Å². The van der Waals surface area contributed by atoms with E-state index >= 15 is 0 Å². The number of rotatable bonds is 4. The predicted octanol–water partition coefficient (Wildman–Crippen LogP) is 3.62. The van der Waals surface area contributed by atoms with Crippen LogP contribution in [0, 0.1) is 6.92 Å². The van der Waals surface area contributed by atoms with Crippen LogP contribution in [0.15, 0.2) is 18.2 Å². The van der Waals surface area contributed by atoms with Crippen LogP contribution >= 0.6 is 11.3 Å². The standard InChI is InChI=1S/C14H20N2S/c1-4-14(5-2,9-15)13-16-12-10(3)7-6-8-11(12)17-13/h6-8H,4-5,9,15H2,1-3H3. The molecule has 0 saturated carbocycles. The summed E-state index contributed by atoms with van der Waals surface area (Å²) < 4.78 is 1.28. The van der Waals surface area contributed by atoms with Crippen LogP contribution in [0.5, 0.6) is 0 Å². The Morgan fingerprint density at radius 3 is 2.53 bits per heavy atom. The van der Waals surface area contributed by atoms with Crippen molar-refractivity contribution in [3.05, 3.63) is 28.8 Å². The van der Waals surface area contributed by atoms with Gasteiger partial charge in [-0.3, -0.25) is 0 Å². The molecule has 0 amide bonds. The fourth-order valence-electron chi connectivity index (χ4n) is 2.24. The molecule has 0 saturated heterocycles. The van der Waals surface area contributed by atoms with E-state index in [0.29, 0.717) is 6.54 Å². The van der Waals surface area contributed by atoms with Crippen LogP contribution in [0.1, 0.15) is 37.3 Å². The molecule has 2 N–H and O–H groups in total. The van der Waals surface area contributed by atoms with Gasteiger partial charge in [0.1, 0.15) is 5.01 Å². The Bertz CT molecular complexity index is 504. The highest BCUT2D eigenvalue weighted by Gasteiger charge is 2.30. The molecule has 0 fully saturated rings. The summed E-state index contributed by atoms with van der Waals surface area (Å²) in [5.74, 6) is 0. The highest BCUT2D eigenvalue weighted by Crippen LogP contribution is 2.36. The van der Waals surface area contributed by atoms with E-state index < -0.39 is 0 Å². The third-order valence-corrected chi connectivity index (χ3v) is 5.09. The van der Waals surface area contributed by atoms with Crippen molar-refractivity contribution in [3.63, 3.8) is 0 Å². The molecule has 1 aromatic carbocycles. The lowest BCUT2D eigenvalue weighted by Crippen LogP contribution is -2.33. The molecular weight excluding hydrogens is 228 g/mol. The number of thiazole rings is 1. The molecule has 3 heteroatoms. The second-order valence-electron chi connectivity index (χ2n) is 4.63. The molecule has 0 radical (unpaired) electrons. The summed E-state index contributed by atoms with van der Waals surface area (Å²) in [6, 6.07) is 6.37. The van der Waals surface area contributed by atoms with Crippen molar-refractivity contribution >= 4 is 21.6 Å². The van der Waals surface area contributed by atoms with Gasteiger partial charge in [0.05, 0.1) is 10.2 Å². The summed E-state index contributed by atoms with van der Waals surface area (Å²) in [5, 5.41) is 1.20. The monoisotopic (exact) mass is 248 g/mol. The molecule has 2 rings (SSSR count). The number of benzene rings is 1. The molecular formula is C14H20N2S. The highest BCUT2D eigenvalue weighted by atomic mass is 32.1. The van der Waals surface area contributed by atoms with Crippen LogP contribution in [0.3, 0.4) is 0 Å². The van der Waals surface area contributed by atoms with E-state index in [1.165, 1.54) is 15.3 Å². The van der Waals surface area contributed by atoms with Gasteiger partial charge in [0, 0.05) is 12.0 Å². The van der Waals surface area contributed by atoms with Gasteiger partial charge < -0.3 is 5.73 Å². The molecule has 1 heterocycles. The Hall–Kier alpha value is -0.930. The third kappa shape index (κ3) is 1.98. The minimum atomic E-state index is 0.0656. The zero-order valence-electron chi connectivity index (χ0n) is 10.8. The molecule has 1 aromatic heterocycles. The lowest BCUT2D eigenvalue weighted by atomic mass is 9.83. The van der Waals surface area contributed by atoms with Gasteiger partial charge in [0.25, 0.3) is 0 Å². The molecule has 0 atom stereocenters. The SMILES string of the molecule is CCC(CC)(CN)c1nc2c(C)cccc2s1. The molecule has 0 aliphatic carbocycles. The van der Waals surface area contributed by atoms with Crippen molar-refractivity contribution in [1.82, 2.24) is 4.98 Å². The number of para-hydroxylation sites is 1. The maximum atomic E-state index is 5.99. The van der Waals surface area contributed by atoms with Crippen LogP contribution in [0.2, 0.25) is 0 Å². The van der Waals surface area contributed by atoms with Crippen molar-refractivity contribution in [2.24, 2.45) is 5.73 Å². The predicted molar refractivity (Wildman–Crippen MR) is 75.7 cm³/mol. The van der Waals surface area contributed by atoms with Crippen molar-refractivity contribution in [1.29, 1.82) is 0 Å². The normalized spacial score (nSPS) is 12.2. The molecule has 0 bridgehead atoms. The fraction of sp³-hybridized carbons (Fsp3) is 0.500. The first-order valence-corrected chi connectivity index (χ1v) is 7.05. The first-order valence-electron chi connectivity index (χ1n) is 6.23. The lowest BCUT2D eigenvalue weighted by Gasteiger charge is -2.27. The number of fused-ring (bicyclic) bond motifs is 1. The third-order valence-electron chi connectivity index (χ3n) is 3.82. The van der Waals surface area contributed by atoms with Crippen LogP contribution < -0.4 is 5.73 Å². The fourth-order valence-corrected chi connectivity index (χ4v) is 3.63. The van der Waals surface area contributed by atoms with Crippen LogP contribution in [0.4, 0.5) is 0 Å². The van der Waals surface area contributed by atoms with Gasteiger partial charge in [0.15, 0.2) is 0 Å². The molecule has 0 aliphatic heterocycles. The van der Waals surface area contributed by atoms with Gasteiger partial charge in [0.2, 0.25) is 0 Å². The molecule has 0 unspecified atom stereocenters. The molecule has 2 nitrogen and oxygen atoms in total. The summed E-state index contributed by atoms with van der Waals surface area (Å²) in [6.45, 7) is 7.21. The van der Waals surface area contributed by atoms with Crippen molar-refractivity contribution in [3.8, 4) is 0 Å². The van der Waals surface area contributed by atoms with E-state index in [4.69, 9.17) is 10.7 Å². The van der Waals surface area contributed by atoms with Gasteiger partial charge in [-0.25, -0.2) is 4.98 Å². The number of hydrogen-bond acceptors (Lipinski definition) is 3. The number of aryl methyl sites for hydroxylation is 1. The van der Waals surface area contributed by atoms with Gasteiger partial charge >= 0.3 is 0 Å². The van der Waals surface area contributed by atoms with Crippen LogP contribution in [0.25, 0.3) is 10.2 Å². The van der Waals surface area contributed by atoms with E-state index in [2.05, 4.69) is 39.0 Å². The molecule has 2 aromatic rings. The Labute approximate surface area is 107 Å². The number of hydrogen-bond donors (Lipinski definition) is 1. The quantitative estimate of drug-likeness (QED) is 0.897. The van der Waals surface area contributed by atoms with E-state index in [0.717, 1.165) is 18.4 Å². The van der Waals surface area contributed by atoms with Crippen molar-refractivity contribution in [2.75, 3.05) is 6.54 Å². The van der Waals surface area contributed by atoms with Gasteiger partial charge in [-0.1, -0.05) is 26.0 Å². The maximum absolute atomic E-state index is 5.99. The Balaban J connectivity index is 2.59. The van der Waals surface area contributed by atoms with Gasteiger partial charge in [-0.2, -0.15) is 0 Å². The summed E-state index contributed by atoms with van der Waals surface area (Å²) >= 11 is 1.80. The lowest BCUT2D eigenvalue weighted by molar-refractivity contribution is 0.405. The minimum Gasteiger partial charge on any atom is -0.329 e. The number of nitrogens with two attached hydrogens (primary N) is 1. The van der Waals surface area contributed by atoms with Crippen LogP contribution in [-0.2, 0) is 5.41 Å². The maximum Gasteiger partial charge on any atom is 0.101 e. The summed E-state index contributed by atoms with van der Waals surface area (Å²) in [6.07, 6.45) is 2.11. The van der Waals surface area contributed by atoms with E-state index in [-0.39, 0.29) is 5.41 Å². The summed E-state index contributed by atoms with van der Waals surface area (Å²) in [5.41, 5.74) is 8.45. The zero-order valence-corrected chi connectivity index (χ0v) is 11.6. The minimum absolute atomic E-state index is 0.0656. The first kappa shape index (κ1) is 12.5. The van der Waals surface area contributed by atoms with Gasteiger partial charge in [-0.05, 0) is 31.4 Å². The van der Waals surface area contributed by atoms with Gasteiger partial charge in [-0.15, -0.1) is 11.3 Å². The number of nitrogens with zero attached hydrogens (tertiary/aromatic N) is 1. The summed E-state index contributed by atoms with van der Waals surface area (Å²) in [4.78, 5) is 4.84. The molecule has 92 valence electrons. The first-order chi connectivity index (χ1) is 8.16. The average molecular weight is 248 g/mol. The molecule has 0 aliphatic rings. The molecule has 0 spiro atoms.